The van der Waals surface area contributed by atoms with E-state index in [0.29, 0.717) is 24.9 Å². The largest absolute Gasteiger partial charge is 0.383 e. The van der Waals surface area contributed by atoms with E-state index < -0.39 is 16.7 Å². The Balaban J connectivity index is 1.74. The maximum absolute atomic E-state index is 13.9. The topological polar surface area (TPSA) is 101 Å². The standard InChI is InChI=1S/C21H31BrN4O3/c1-3-5-6-26-16(23)15(17(27)24-19(26)29)25(4-2)18(28)20-8-13-7-14(9-20)11-21(22,10-13)12-20/h13-14H,3-12,23H2,1-2H3,(H,24,27,29). The van der Waals surface area contributed by atoms with Crippen LogP contribution in [0.2, 0.25) is 0 Å². The van der Waals surface area contributed by atoms with Gasteiger partial charge in [0.1, 0.15) is 5.82 Å². The number of aromatic nitrogens is 2. The molecular weight excluding hydrogens is 436 g/mol. The summed E-state index contributed by atoms with van der Waals surface area (Å²) in [5.74, 6) is 1.22. The highest BCUT2D eigenvalue weighted by Crippen LogP contribution is 2.65. The molecule has 160 valence electrons. The second-order valence-electron chi connectivity index (χ2n) is 9.44. The molecule has 1 aromatic rings. The lowest BCUT2D eigenvalue weighted by molar-refractivity contribution is -0.141. The van der Waals surface area contributed by atoms with Gasteiger partial charge in [-0.05, 0) is 63.7 Å². The highest BCUT2D eigenvalue weighted by Gasteiger charge is 2.60. The van der Waals surface area contributed by atoms with Crippen LogP contribution < -0.4 is 21.9 Å². The molecule has 4 bridgehead atoms. The molecular formula is C21H31BrN4O3. The van der Waals surface area contributed by atoms with Crippen LogP contribution in [0.1, 0.15) is 65.2 Å². The molecule has 4 fully saturated rings. The van der Waals surface area contributed by atoms with E-state index in [1.807, 2.05) is 13.8 Å². The number of nitrogens with two attached hydrogens (primary N) is 1. The van der Waals surface area contributed by atoms with Crippen LogP contribution >= 0.6 is 15.9 Å². The van der Waals surface area contributed by atoms with Crippen LogP contribution in [0.15, 0.2) is 9.59 Å². The molecule has 0 aromatic carbocycles. The predicted octanol–water partition coefficient (Wildman–Crippen LogP) is 3.01. The van der Waals surface area contributed by atoms with Crippen LogP contribution in [0.4, 0.5) is 11.5 Å². The van der Waals surface area contributed by atoms with E-state index in [2.05, 4.69) is 20.9 Å². The van der Waals surface area contributed by atoms with Crippen molar-refractivity contribution < 1.29 is 4.79 Å². The number of nitrogens with one attached hydrogen (secondary N) is 1. The van der Waals surface area contributed by atoms with Crippen molar-refractivity contribution in [1.29, 1.82) is 0 Å². The minimum atomic E-state index is -0.575. The highest BCUT2D eigenvalue weighted by atomic mass is 79.9. The zero-order valence-corrected chi connectivity index (χ0v) is 18.9. The SMILES string of the molecule is CCCCn1c(N)c(N(CC)C(=O)C23CC4CC(CC(Br)(C4)C2)C3)c(=O)[nH]c1=O. The van der Waals surface area contributed by atoms with Crippen molar-refractivity contribution in [3.8, 4) is 0 Å². The van der Waals surface area contributed by atoms with Crippen molar-refractivity contribution in [2.45, 2.75) is 76.1 Å². The number of anilines is 2. The van der Waals surface area contributed by atoms with Gasteiger partial charge < -0.3 is 10.6 Å². The summed E-state index contributed by atoms with van der Waals surface area (Å²) in [5, 5.41) is 0. The Morgan fingerprint density at radius 3 is 2.45 bits per heavy atom. The number of carbonyl (C=O) groups excluding carboxylic acids is 1. The molecule has 0 saturated heterocycles. The van der Waals surface area contributed by atoms with Crippen LogP contribution in [-0.2, 0) is 11.3 Å². The Morgan fingerprint density at radius 1 is 1.24 bits per heavy atom. The van der Waals surface area contributed by atoms with Gasteiger partial charge in [0.15, 0.2) is 5.69 Å². The average Bonchev–Trinajstić information content (AvgIpc) is 2.62. The van der Waals surface area contributed by atoms with Crippen molar-refractivity contribution in [2.24, 2.45) is 17.3 Å². The molecule has 3 N–H and O–H groups in total. The van der Waals surface area contributed by atoms with Crippen molar-refractivity contribution in [3.63, 3.8) is 0 Å². The first-order valence-corrected chi connectivity index (χ1v) is 11.6. The summed E-state index contributed by atoms with van der Waals surface area (Å²) in [6.07, 6.45) is 7.74. The van der Waals surface area contributed by atoms with Crippen LogP contribution in [0.25, 0.3) is 0 Å². The average molecular weight is 467 g/mol. The zero-order chi connectivity index (χ0) is 21.0. The molecule has 1 amide bonds. The van der Waals surface area contributed by atoms with Crippen LogP contribution in [0.3, 0.4) is 0 Å². The van der Waals surface area contributed by atoms with Gasteiger partial charge >= 0.3 is 5.69 Å². The summed E-state index contributed by atoms with van der Waals surface area (Å²) in [7, 11) is 0. The van der Waals surface area contributed by atoms with Gasteiger partial charge in [0, 0.05) is 17.4 Å². The van der Waals surface area contributed by atoms with Gasteiger partial charge in [-0.1, -0.05) is 29.3 Å². The Kier molecular flexibility index (Phi) is 5.20. The molecule has 0 radical (unpaired) electrons. The van der Waals surface area contributed by atoms with E-state index in [1.54, 1.807) is 4.90 Å². The lowest BCUT2D eigenvalue weighted by atomic mass is 9.49. The summed E-state index contributed by atoms with van der Waals surface area (Å²) in [6.45, 7) is 4.67. The summed E-state index contributed by atoms with van der Waals surface area (Å²) in [5.41, 5.74) is 4.90. The third-order valence-corrected chi connectivity index (χ3v) is 8.15. The van der Waals surface area contributed by atoms with E-state index in [4.69, 9.17) is 5.73 Å². The number of aromatic amines is 1. The Bertz CT molecular complexity index is 923. The maximum Gasteiger partial charge on any atom is 0.330 e. The molecule has 1 aromatic heterocycles. The lowest BCUT2D eigenvalue weighted by Gasteiger charge is -2.60. The van der Waals surface area contributed by atoms with Gasteiger partial charge in [0.05, 0.1) is 5.41 Å². The number of nitrogens with zero attached hydrogens (tertiary/aromatic N) is 2. The number of unbranched alkanes of at least 4 members (excludes halogenated alkanes) is 1. The number of alkyl halides is 1. The van der Waals surface area contributed by atoms with Gasteiger partial charge in [0.25, 0.3) is 5.56 Å². The van der Waals surface area contributed by atoms with Crippen LogP contribution in [-0.4, -0.2) is 26.3 Å². The molecule has 5 rings (SSSR count). The number of carbonyl (C=O) groups is 1. The van der Waals surface area contributed by atoms with Crippen molar-refractivity contribution >= 4 is 33.3 Å². The number of halogens is 1. The first-order chi connectivity index (χ1) is 13.7. The number of hydrogen-bond acceptors (Lipinski definition) is 4. The van der Waals surface area contributed by atoms with Gasteiger partial charge in [-0.3, -0.25) is 19.1 Å². The number of amides is 1. The molecule has 4 aliphatic rings. The fraction of sp³-hybridized carbons (Fsp3) is 0.762. The van der Waals surface area contributed by atoms with Crippen molar-refractivity contribution in [2.75, 3.05) is 17.2 Å². The van der Waals surface area contributed by atoms with Crippen LogP contribution in [0.5, 0.6) is 0 Å². The van der Waals surface area contributed by atoms with Gasteiger partial charge in [-0.2, -0.15) is 0 Å². The first-order valence-electron chi connectivity index (χ1n) is 10.9. The smallest absolute Gasteiger partial charge is 0.330 e. The fourth-order valence-corrected chi connectivity index (χ4v) is 7.92. The summed E-state index contributed by atoms with van der Waals surface area (Å²) in [6, 6.07) is 0. The molecule has 4 aliphatic carbocycles. The molecule has 4 saturated carbocycles. The Hall–Kier alpha value is -1.57. The monoisotopic (exact) mass is 466 g/mol. The molecule has 7 nitrogen and oxygen atoms in total. The molecule has 2 atom stereocenters. The molecule has 0 aliphatic heterocycles. The maximum atomic E-state index is 13.9. The number of nitrogen functional groups attached to an aromatic ring is 1. The second kappa shape index (κ2) is 7.29. The quantitative estimate of drug-likeness (QED) is 0.628. The molecule has 1 heterocycles. The van der Waals surface area contributed by atoms with E-state index >= 15 is 0 Å². The third-order valence-electron chi connectivity index (χ3n) is 7.22. The fourth-order valence-electron chi connectivity index (χ4n) is 6.47. The minimum Gasteiger partial charge on any atom is -0.383 e. The predicted molar refractivity (Wildman–Crippen MR) is 117 cm³/mol. The lowest BCUT2D eigenvalue weighted by Crippen LogP contribution is -2.59. The molecule has 2 unspecified atom stereocenters. The van der Waals surface area contributed by atoms with Crippen molar-refractivity contribution in [1.82, 2.24) is 9.55 Å². The first kappa shape index (κ1) is 20.7. The normalized spacial score (nSPS) is 32.5. The van der Waals surface area contributed by atoms with Crippen LogP contribution in [0, 0.1) is 17.3 Å². The summed E-state index contributed by atoms with van der Waals surface area (Å²) < 4.78 is 1.44. The Morgan fingerprint density at radius 2 is 1.90 bits per heavy atom. The number of hydrogen-bond donors (Lipinski definition) is 2. The van der Waals surface area contributed by atoms with Gasteiger partial charge in [-0.15, -0.1) is 0 Å². The molecule has 8 heteroatoms. The zero-order valence-electron chi connectivity index (χ0n) is 17.3. The Labute approximate surface area is 179 Å². The molecule has 29 heavy (non-hydrogen) atoms. The van der Waals surface area contributed by atoms with Gasteiger partial charge in [-0.25, -0.2) is 4.79 Å². The summed E-state index contributed by atoms with van der Waals surface area (Å²) >= 11 is 3.96. The number of rotatable bonds is 6. The van der Waals surface area contributed by atoms with E-state index in [0.717, 1.165) is 44.9 Å². The summed E-state index contributed by atoms with van der Waals surface area (Å²) in [4.78, 5) is 42.8. The third kappa shape index (κ3) is 3.37. The minimum absolute atomic E-state index is 0.00387. The van der Waals surface area contributed by atoms with Gasteiger partial charge in [0.2, 0.25) is 5.91 Å². The number of H-pyrrole nitrogens is 1. The van der Waals surface area contributed by atoms with E-state index in [-0.39, 0.29) is 21.7 Å². The van der Waals surface area contributed by atoms with E-state index in [9.17, 15) is 14.4 Å². The van der Waals surface area contributed by atoms with E-state index in [1.165, 1.54) is 11.0 Å². The van der Waals surface area contributed by atoms with Crippen molar-refractivity contribution in [3.05, 3.63) is 20.8 Å². The second-order valence-corrected chi connectivity index (χ2v) is 11.1. The molecule has 0 spiro atoms. The highest BCUT2D eigenvalue weighted by molar-refractivity contribution is 9.10.